The summed E-state index contributed by atoms with van der Waals surface area (Å²) in [6.07, 6.45) is 3.95. The van der Waals surface area contributed by atoms with Gasteiger partial charge >= 0.3 is 12.0 Å². The first-order valence-electron chi connectivity index (χ1n) is 15.5. The Kier molecular flexibility index (Phi) is 7.42. The Morgan fingerprint density at radius 1 is 1.16 bits per heavy atom. The molecule has 4 aromatic rings. The lowest BCUT2D eigenvalue weighted by molar-refractivity contribution is -0.141. The van der Waals surface area contributed by atoms with Crippen LogP contribution in [0, 0.1) is 17.6 Å². The van der Waals surface area contributed by atoms with E-state index in [1.807, 2.05) is 0 Å². The van der Waals surface area contributed by atoms with Gasteiger partial charge in [-0.05, 0) is 73.2 Å². The Hall–Kier alpha value is -4.19. The average molecular weight is 622 g/mol. The number of fused-ring (bicyclic) bond motifs is 3. The summed E-state index contributed by atoms with van der Waals surface area (Å²) >= 11 is 0. The van der Waals surface area contributed by atoms with E-state index in [4.69, 9.17) is 4.74 Å². The maximum atomic E-state index is 16.7. The number of anilines is 1. The van der Waals surface area contributed by atoms with Crippen LogP contribution in [0.25, 0.3) is 32.9 Å². The number of aliphatic carboxylic acids is 1. The molecule has 2 aromatic carbocycles. The molecule has 0 saturated carbocycles. The number of rotatable bonds is 7. The number of phenols is 1. The van der Waals surface area contributed by atoms with E-state index >= 15 is 4.39 Å². The second-order valence-electron chi connectivity index (χ2n) is 12.5. The summed E-state index contributed by atoms with van der Waals surface area (Å²) in [6.45, 7) is 3.72. The lowest BCUT2D eigenvalue weighted by Crippen LogP contribution is -2.43. The topological polar surface area (TPSA) is 112 Å². The van der Waals surface area contributed by atoms with Crippen molar-refractivity contribution < 1.29 is 32.9 Å². The first kappa shape index (κ1) is 29.5. The summed E-state index contributed by atoms with van der Waals surface area (Å²) in [4.78, 5) is 29.3. The van der Waals surface area contributed by atoms with E-state index in [2.05, 4.69) is 19.9 Å². The third-order valence-corrected chi connectivity index (χ3v) is 9.71. The van der Waals surface area contributed by atoms with Gasteiger partial charge in [-0.3, -0.25) is 14.7 Å². The van der Waals surface area contributed by atoms with Crippen molar-refractivity contribution in [1.82, 2.24) is 19.9 Å². The van der Waals surface area contributed by atoms with Crippen LogP contribution >= 0.6 is 0 Å². The van der Waals surface area contributed by atoms with Gasteiger partial charge in [-0.15, -0.1) is 0 Å². The van der Waals surface area contributed by atoms with Crippen molar-refractivity contribution in [2.45, 2.75) is 57.2 Å². The van der Waals surface area contributed by atoms with E-state index in [0.717, 1.165) is 19.4 Å². The molecule has 7 rings (SSSR count). The van der Waals surface area contributed by atoms with E-state index < -0.39 is 35.2 Å². The summed E-state index contributed by atoms with van der Waals surface area (Å²) in [5.41, 5.74) is -0.127. The monoisotopic (exact) mass is 621 g/mol. The molecule has 9 nitrogen and oxygen atoms in total. The van der Waals surface area contributed by atoms with E-state index in [-0.39, 0.29) is 47.1 Å². The number of phenolic OH excluding ortho intramolecular Hbond substituents is 1. The molecule has 2 N–H and O–H groups in total. The number of halogens is 3. The molecule has 236 valence electrons. The number of pyridine rings is 1. The number of piperidine rings is 1. The summed E-state index contributed by atoms with van der Waals surface area (Å²) in [7, 11) is 0. The molecule has 45 heavy (non-hydrogen) atoms. The van der Waals surface area contributed by atoms with Crippen molar-refractivity contribution >= 4 is 33.5 Å². The molecule has 0 amide bonds. The van der Waals surface area contributed by atoms with Crippen molar-refractivity contribution in [2.24, 2.45) is 5.92 Å². The minimum Gasteiger partial charge on any atom is -0.508 e. The summed E-state index contributed by atoms with van der Waals surface area (Å²) < 4.78 is 52.2. The van der Waals surface area contributed by atoms with Crippen LogP contribution in [0.4, 0.5) is 19.0 Å². The second-order valence-corrected chi connectivity index (χ2v) is 12.5. The van der Waals surface area contributed by atoms with E-state index in [1.165, 1.54) is 30.5 Å². The highest BCUT2D eigenvalue weighted by Crippen LogP contribution is 2.42. The molecule has 0 radical (unpaired) electrons. The van der Waals surface area contributed by atoms with Crippen LogP contribution in [0.1, 0.15) is 44.6 Å². The zero-order valence-electron chi connectivity index (χ0n) is 24.9. The quantitative estimate of drug-likeness (QED) is 0.271. The molecule has 5 heterocycles. The third-order valence-electron chi connectivity index (χ3n) is 9.71. The Balaban J connectivity index is 1.38. The van der Waals surface area contributed by atoms with Crippen molar-refractivity contribution in [1.29, 1.82) is 0 Å². The molecule has 12 heteroatoms. The second kappa shape index (κ2) is 11.3. The highest BCUT2D eigenvalue weighted by molar-refractivity contribution is 6.01. The average Bonchev–Trinajstić information content (AvgIpc) is 3.55. The van der Waals surface area contributed by atoms with Gasteiger partial charge in [0, 0.05) is 37.8 Å². The molecular weight excluding hydrogens is 587 g/mol. The Bertz CT molecular complexity index is 1820. The molecule has 3 fully saturated rings. The number of aryl methyl sites for hydroxylation is 1. The molecule has 3 saturated heterocycles. The van der Waals surface area contributed by atoms with Gasteiger partial charge in [0.1, 0.15) is 41.4 Å². The number of ether oxygens (including phenoxy) is 1. The largest absolute Gasteiger partial charge is 0.508 e. The minimum atomic E-state index is -0.954. The molecule has 3 aliphatic heterocycles. The summed E-state index contributed by atoms with van der Waals surface area (Å²) in [6, 6.07) is 5.61. The third kappa shape index (κ3) is 5.08. The fourth-order valence-electron chi connectivity index (χ4n) is 7.57. The van der Waals surface area contributed by atoms with Gasteiger partial charge in [0.2, 0.25) is 0 Å². The normalized spacial score (nSPS) is 23.6. The fourth-order valence-corrected chi connectivity index (χ4v) is 7.57. The molecule has 0 spiro atoms. The molecule has 0 bridgehead atoms. The van der Waals surface area contributed by atoms with Crippen LogP contribution in [-0.2, 0) is 11.2 Å². The number of aromatic nitrogens is 3. The van der Waals surface area contributed by atoms with Crippen LogP contribution < -0.4 is 9.64 Å². The zero-order valence-corrected chi connectivity index (χ0v) is 24.9. The highest BCUT2D eigenvalue weighted by atomic mass is 19.1. The number of carboxylic acid groups (broad SMARTS) is 1. The van der Waals surface area contributed by atoms with Crippen LogP contribution in [0.3, 0.4) is 0 Å². The Morgan fingerprint density at radius 2 is 2.00 bits per heavy atom. The Morgan fingerprint density at radius 3 is 2.80 bits per heavy atom. The molecule has 3 atom stereocenters. The van der Waals surface area contributed by atoms with Gasteiger partial charge in [-0.25, -0.2) is 13.2 Å². The molecular formula is C33H34F3N5O4. The van der Waals surface area contributed by atoms with Crippen LogP contribution in [0.5, 0.6) is 11.8 Å². The number of nitrogens with zero attached hydrogens (tertiary/aromatic N) is 5. The first-order valence-corrected chi connectivity index (χ1v) is 15.5. The fraction of sp³-hybridized carbons (Fsp3) is 0.455. The number of carbonyl (C=O) groups is 1. The van der Waals surface area contributed by atoms with E-state index in [0.29, 0.717) is 60.9 Å². The van der Waals surface area contributed by atoms with Gasteiger partial charge in [0.05, 0.1) is 16.8 Å². The van der Waals surface area contributed by atoms with Crippen molar-refractivity contribution in [3.8, 4) is 23.0 Å². The zero-order chi connectivity index (χ0) is 31.5. The number of carboxylic acids is 1. The maximum absolute atomic E-state index is 16.7. The van der Waals surface area contributed by atoms with E-state index in [1.54, 1.807) is 11.8 Å². The Labute approximate surface area is 257 Å². The smallest absolute Gasteiger partial charge is 0.319 e. The summed E-state index contributed by atoms with van der Waals surface area (Å²) in [5.74, 6) is -2.63. The number of hydrogen-bond acceptors (Lipinski definition) is 8. The standard InChI is InChI=1S/C33H34F3N5O4/c1-2-22-25(35)7-6-18-11-21(42)12-23(26(18)22)28-27(36)29-24(14-37-28)30(40-9-3-5-19(15-40)31(43)44)39-32(38-29)45-17-33-8-4-10-41(33)16-20(34)13-33/h6-7,11-12,14,19-20,42H,2-5,8-10,13,15-17H2,1H3,(H,43,44)/t19-,20-,33+/m1/s1. The molecule has 0 unspecified atom stereocenters. The predicted molar refractivity (Wildman–Crippen MR) is 162 cm³/mol. The molecule has 0 aliphatic carbocycles. The van der Waals surface area contributed by atoms with Crippen LogP contribution in [0.2, 0.25) is 0 Å². The van der Waals surface area contributed by atoms with Gasteiger partial charge < -0.3 is 19.8 Å². The van der Waals surface area contributed by atoms with Crippen LogP contribution in [-0.4, -0.2) is 80.5 Å². The summed E-state index contributed by atoms with van der Waals surface area (Å²) in [5, 5.41) is 21.5. The molecule has 2 aromatic heterocycles. The van der Waals surface area contributed by atoms with Gasteiger partial charge in [-0.1, -0.05) is 13.0 Å². The highest BCUT2D eigenvalue weighted by Gasteiger charge is 2.49. The number of aromatic hydroxyl groups is 1. The molecule has 3 aliphatic rings. The minimum absolute atomic E-state index is 0.0982. The SMILES string of the molecule is CCc1c(F)ccc2cc(O)cc(-c3ncc4c(N5CCC[C@@H](C(=O)O)C5)nc(OC[C@@]56CCCN5C[C@H](F)C6)nc4c3F)c12. The lowest BCUT2D eigenvalue weighted by atomic mass is 9.94. The van der Waals surface area contributed by atoms with E-state index in [9.17, 15) is 23.8 Å². The van der Waals surface area contributed by atoms with Gasteiger partial charge in [0.25, 0.3) is 0 Å². The van der Waals surface area contributed by atoms with Crippen molar-refractivity contribution in [3.05, 3.63) is 47.7 Å². The lowest BCUT2D eigenvalue weighted by Gasteiger charge is -2.33. The number of hydrogen-bond donors (Lipinski definition) is 2. The number of alkyl halides is 1. The van der Waals surface area contributed by atoms with Crippen LogP contribution in [0.15, 0.2) is 30.5 Å². The first-order chi connectivity index (χ1) is 21.7. The van der Waals surface area contributed by atoms with Crippen molar-refractivity contribution in [3.63, 3.8) is 0 Å². The van der Waals surface area contributed by atoms with Gasteiger partial charge in [0.15, 0.2) is 5.82 Å². The van der Waals surface area contributed by atoms with Gasteiger partial charge in [-0.2, -0.15) is 9.97 Å². The number of benzene rings is 2. The van der Waals surface area contributed by atoms with Crippen molar-refractivity contribution in [2.75, 3.05) is 37.7 Å². The maximum Gasteiger partial charge on any atom is 0.319 e. The predicted octanol–water partition coefficient (Wildman–Crippen LogP) is 5.65.